The number of benzene rings is 1. The zero-order chi connectivity index (χ0) is 15.2. The molecule has 0 radical (unpaired) electrons. The van der Waals surface area contributed by atoms with Gasteiger partial charge in [0, 0.05) is 25.3 Å². The highest BCUT2D eigenvalue weighted by Gasteiger charge is 2.26. The molecule has 1 aliphatic rings. The quantitative estimate of drug-likeness (QED) is 0.805. The van der Waals surface area contributed by atoms with Crippen molar-refractivity contribution in [2.75, 3.05) is 25.0 Å². The summed E-state index contributed by atoms with van der Waals surface area (Å²) >= 11 is 0. The highest BCUT2D eigenvalue weighted by Crippen LogP contribution is 2.29. The molecule has 0 amide bonds. The Bertz CT molecular complexity index is 421. The maximum atomic E-state index is 3.74. The van der Waals surface area contributed by atoms with E-state index in [2.05, 4.69) is 56.2 Å². The minimum Gasteiger partial charge on any atom is -0.375 e. The maximum absolute atomic E-state index is 3.74. The smallest absolute Gasteiger partial charge is 0.0368 e. The second-order valence-corrected chi connectivity index (χ2v) is 6.81. The van der Waals surface area contributed by atoms with Crippen molar-refractivity contribution in [3.8, 4) is 0 Å². The Balaban J connectivity index is 1.86. The van der Waals surface area contributed by atoms with Crippen LogP contribution in [0.25, 0.3) is 0 Å². The second kappa shape index (κ2) is 7.84. The van der Waals surface area contributed by atoms with Crippen molar-refractivity contribution in [3.05, 3.63) is 29.3 Å². The molecule has 0 heterocycles. The van der Waals surface area contributed by atoms with Crippen LogP contribution in [0.2, 0.25) is 0 Å². The summed E-state index contributed by atoms with van der Waals surface area (Å²) in [5.74, 6) is 0.866. The molecule has 0 saturated heterocycles. The Kier molecular flexibility index (Phi) is 6.10. The van der Waals surface area contributed by atoms with Gasteiger partial charge in [-0.05, 0) is 75.3 Å². The number of rotatable bonds is 7. The van der Waals surface area contributed by atoms with Gasteiger partial charge in [0.25, 0.3) is 0 Å². The van der Waals surface area contributed by atoms with Gasteiger partial charge in [0.05, 0.1) is 0 Å². The van der Waals surface area contributed by atoms with Gasteiger partial charge in [0.1, 0.15) is 0 Å². The molecule has 2 rings (SSSR count). The van der Waals surface area contributed by atoms with Gasteiger partial charge in [-0.25, -0.2) is 0 Å². The minimum atomic E-state index is 0.762. The van der Waals surface area contributed by atoms with Gasteiger partial charge >= 0.3 is 0 Å². The van der Waals surface area contributed by atoms with E-state index in [-0.39, 0.29) is 0 Å². The van der Waals surface area contributed by atoms with E-state index in [1.807, 2.05) is 0 Å². The third-order valence-electron chi connectivity index (χ3n) is 4.80. The number of nitrogens with zero attached hydrogens (tertiary/aromatic N) is 1. The van der Waals surface area contributed by atoms with Gasteiger partial charge in [-0.1, -0.05) is 19.4 Å². The number of aryl methyl sites for hydroxylation is 2. The summed E-state index contributed by atoms with van der Waals surface area (Å²) in [5.41, 5.74) is 4.09. The van der Waals surface area contributed by atoms with E-state index in [4.69, 9.17) is 0 Å². The van der Waals surface area contributed by atoms with Crippen molar-refractivity contribution in [2.45, 2.75) is 58.9 Å². The van der Waals surface area contributed by atoms with Gasteiger partial charge in [0.2, 0.25) is 0 Å². The van der Waals surface area contributed by atoms with Gasteiger partial charge in [-0.2, -0.15) is 0 Å². The summed E-state index contributed by atoms with van der Waals surface area (Å²) in [6, 6.07) is 7.61. The molecule has 0 spiro atoms. The highest BCUT2D eigenvalue weighted by molar-refractivity contribution is 5.50. The van der Waals surface area contributed by atoms with E-state index in [0.717, 1.165) is 18.5 Å². The Morgan fingerprint density at radius 3 is 2.52 bits per heavy atom. The fourth-order valence-electron chi connectivity index (χ4n) is 3.64. The lowest BCUT2D eigenvalue weighted by Crippen LogP contribution is -2.34. The van der Waals surface area contributed by atoms with Crippen molar-refractivity contribution >= 4 is 5.69 Å². The van der Waals surface area contributed by atoms with E-state index in [1.165, 1.54) is 55.5 Å². The van der Waals surface area contributed by atoms with Crippen LogP contribution in [-0.2, 0) is 0 Å². The van der Waals surface area contributed by atoms with E-state index in [0.29, 0.717) is 0 Å². The number of hydrogen-bond acceptors (Lipinski definition) is 2. The van der Waals surface area contributed by atoms with Crippen LogP contribution >= 0.6 is 0 Å². The first-order valence-corrected chi connectivity index (χ1v) is 8.63. The van der Waals surface area contributed by atoms with E-state index < -0.39 is 0 Å². The van der Waals surface area contributed by atoms with Gasteiger partial charge in [0.15, 0.2) is 0 Å². The predicted molar refractivity (Wildman–Crippen MR) is 93.2 cm³/mol. The predicted octanol–water partition coefficient (Wildman–Crippen LogP) is 4.30. The second-order valence-electron chi connectivity index (χ2n) is 6.81. The molecule has 1 fully saturated rings. The zero-order valence-electron chi connectivity index (χ0n) is 14.3. The summed E-state index contributed by atoms with van der Waals surface area (Å²) in [5, 5.41) is 3.74. The molecule has 0 aliphatic heterocycles. The first kappa shape index (κ1) is 16.4. The van der Waals surface area contributed by atoms with E-state index in [1.54, 1.807) is 0 Å². The van der Waals surface area contributed by atoms with Gasteiger partial charge in [-0.3, -0.25) is 0 Å². The molecule has 2 atom stereocenters. The van der Waals surface area contributed by atoms with Crippen molar-refractivity contribution < 1.29 is 0 Å². The van der Waals surface area contributed by atoms with Crippen molar-refractivity contribution in [2.24, 2.45) is 5.92 Å². The molecule has 118 valence electrons. The van der Waals surface area contributed by atoms with Crippen LogP contribution in [0.1, 0.15) is 50.2 Å². The molecular weight excluding hydrogens is 256 g/mol. The molecule has 1 saturated carbocycles. The van der Waals surface area contributed by atoms with Crippen LogP contribution < -0.4 is 10.2 Å². The Morgan fingerprint density at radius 2 is 1.86 bits per heavy atom. The van der Waals surface area contributed by atoms with Crippen LogP contribution in [0.3, 0.4) is 0 Å². The first-order chi connectivity index (χ1) is 10.1. The van der Waals surface area contributed by atoms with Gasteiger partial charge in [-0.15, -0.1) is 0 Å². The van der Waals surface area contributed by atoms with Crippen LogP contribution in [0.4, 0.5) is 5.69 Å². The van der Waals surface area contributed by atoms with Crippen molar-refractivity contribution in [3.63, 3.8) is 0 Å². The minimum absolute atomic E-state index is 0.762. The SMILES string of the molecule is CCCNC1CCCC1CCN(C)c1cc(C)cc(C)c1. The molecule has 1 aliphatic carbocycles. The molecule has 1 aromatic rings. The van der Waals surface area contributed by atoms with Crippen LogP contribution in [0, 0.1) is 19.8 Å². The zero-order valence-corrected chi connectivity index (χ0v) is 14.3. The van der Waals surface area contributed by atoms with Crippen LogP contribution in [0.5, 0.6) is 0 Å². The topological polar surface area (TPSA) is 15.3 Å². The summed E-state index contributed by atoms with van der Waals surface area (Å²) in [7, 11) is 2.23. The standard InChI is InChI=1S/C19H32N2/c1-5-10-20-19-8-6-7-17(19)9-11-21(4)18-13-15(2)12-16(3)14-18/h12-14,17,19-20H,5-11H2,1-4H3. The van der Waals surface area contributed by atoms with Crippen molar-refractivity contribution in [1.29, 1.82) is 0 Å². The normalized spacial score (nSPS) is 21.7. The average Bonchev–Trinajstić information content (AvgIpc) is 2.88. The number of anilines is 1. The first-order valence-electron chi connectivity index (χ1n) is 8.63. The lowest BCUT2D eigenvalue weighted by molar-refractivity contribution is 0.382. The molecule has 2 heteroatoms. The molecular formula is C19H32N2. The van der Waals surface area contributed by atoms with Crippen molar-refractivity contribution in [1.82, 2.24) is 5.32 Å². The molecule has 2 nitrogen and oxygen atoms in total. The highest BCUT2D eigenvalue weighted by atomic mass is 15.1. The van der Waals surface area contributed by atoms with E-state index in [9.17, 15) is 0 Å². The molecule has 1 N–H and O–H groups in total. The largest absolute Gasteiger partial charge is 0.375 e. The Labute approximate surface area is 130 Å². The maximum Gasteiger partial charge on any atom is 0.0368 e. The average molecular weight is 288 g/mol. The third-order valence-corrected chi connectivity index (χ3v) is 4.80. The summed E-state index contributed by atoms with van der Waals surface area (Å²) in [6.45, 7) is 8.97. The monoisotopic (exact) mass is 288 g/mol. The van der Waals surface area contributed by atoms with E-state index >= 15 is 0 Å². The summed E-state index contributed by atoms with van der Waals surface area (Å²) in [6.07, 6.45) is 6.73. The lowest BCUT2D eigenvalue weighted by atomic mass is 9.99. The molecule has 0 bridgehead atoms. The van der Waals surface area contributed by atoms with Crippen LogP contribution in [0.15, 0.2) is 18.2 Å². The molecule has 1 aromatic carbocycles. The Hall–Kier alpha value is -1.02. The molecule has 2 unspecified atom stereocenters. The number of nitrogens with one attached hydrogen (secondary N) is 1. The lowest BCUT2D eigenvalue weighted by Gasteiger charge is -2.25. The number of hydrogen-bond donors (Lipinski definition) is 1. The summed E-state index contributed by atoms with van der Waals surface area (Å²) in [4.78, 5) is 2.43. The molecule has 21 heavy (non-hydrogen) atoms. The summed E-state index contributed by atoms with van der Waals surface area (Å²) < 4.78 is 0. The van der Waals surface area contributed by atoms with Crippen LogP contribution in [-0.4, -0.2) is 26.2 Å². The Morgan fingerprint density at radius 1 is 1.14 bits per heavy atom. The van der Waals surface area contributed by atoms with Gasteiger partial charge < -0.3 is 10.2 Å². The molecule has 0 aromatic heterocycles. The fraction of sp³-hybridized carbons (Fsp3) is 0.684. The fourth-order valence-corrected chi connectivity index (χ4v) is 3.64. The third kappa shape index (κ3) is 4.74.